The van der Waals surface area contributed by atoms with Gasteiger partial charge in [-0.25, -0.2) is 0 Å². The Hall–Kier alpha value is -1.52. The van der Waals surface area contributed by atoms with Gasteiger partial charge in [-0.2, -0.15) is 5.10 Å². The summed E-state index contributed by atoms with van der Waals surface area (Å²) in [7, 11) is 0. The summed E-state index contributed by atoms with van der Waals surface area (Å²) in [4.78, 5) is 11.4. The van der Waals surface area contributed by atoms with Crippen LogP contribution in [0.15, 0.2) is 6.07 Å². The quantitative estimate of drug-likeness (QED) is 0.604. The monoisotopic (exact) mass is 180 g/mol. The number of hydrogen-bond acceptors (Lipinski definition) is 3. The number of nitrogens with two attached hydrogens (primary N) is 1. The summed E-state index contributed by atoms with van der Waals surface area (Å²) in [6.45, 7) is 2.10. The van der Waals surface area contributed by atoms with E-state index in [1.54, 1.807) is 0 Å². The van der Waals surface area contributed by atoms with Gasteiger partial charge in [-0.15, -0.1) is 0 Å². The van der Waals surface area contributed by atoms with Crippen molar-refractivity contribution in [1.29, 1.82) is 0 Å². The SMILES string of the molecule is CC1CC1NC(=O)c1cc(N)n[nH]1. The molecule has 0 saturated heterocycles. The summed E-state index contributed by atoms with van der Waals surface area (Å²) >= 11 is 0. The lowest BCUT2D eigenvalue weighted by Gasteiger charge is -1.99. The zero-order chi connectivity index (χ0) is 9.42. The molecule has 4 N–H and O–H groups in total. The Labute approximate surface area is 75.7 Å². The summed E-state index contributed by atoms with van der Waals surface area (Å²) in [5.74, 6) is 0.816. The van der Waals surface area contributed by atoms with E-state index in [0.717, 1.165) is 6.42 Å². The van der Waals surface area contributed by atoms with E-state index in [1.165, 1.54) is 6.07 Å². The molecule has 2 rings (SSSR count). The number of hydrogen-bond donors (Lipinski definition) is 3. The molecule has 13 heavy (non-hydrogen) atoms. The molecular weight excluding hydrogens is 168 g/mol. The molecule has 2 atom stereocenters. The fourth-order valence-corrected chi connectivity index (χ4v) is 1.22. The predicted octanol–water partition coefficient (Wildman–Crippen LogP) is 0.130. The van der Waals surface area contributed by atoms with E-state index in [-0.39, 0.29) is 5.91 Å². The second-order valence-electron chi connectivity index (χ2n) is 3.50. The Bertz CT molecular complexity index is 333. The van der Waals surface area contributed by atoms with Crippen LogP contribution in [0.1, 0.15) is 23.8 Å². The van der Waals surface area contributed by atoms with Crippen molar-refractivity contribution in [2.24, 2.45) is 5.92 Å². The molecule has 1 fully saturated rings. The Morgan fingerprint density at radius 1 is 1.85 bits per heavy atom. The van der Waals surface area contributed by atoms with Gasteiger partial charge in [0.25, 0.3) is 5.91 Å². The highest BCUT2D eigenvalue weighted by Crippen LogP contribution is 2.29. The number of aromatic nitrogens is 2. The maximum Gasteiger partial charge on any atom is 0.269 e. The number of rotatable bonds is 2. The standard InChI is InChI=1S/C8H12N4O/c1-4-2-5(4)10-8(13)6-3-7(9)12-11-6/h3-5H,2H2,1H3,(H,10,13)(H3,9,11,12). The van der Waals surface area contributed by atoms with Gasteiger partial charge in [-0.05, 0) is 12.3 Å². The lowest BCUT2D eigenvalue weighted by molar-refractivity contribution is 0.0944. The first kappa shape index (κ1) is 8.10. The van der Waals surface area contributed by atoms with Crippen molar-refractivity contribution in [2.45, 2.75) is 19.4 Å². The molecule has 1 heterocycles. The minimum Gasteiger partial charge on any atom is -0.382 e. The van der Waals surface area contributed by atoms with Crippen LogP contribution in [0.3, 0.4) is 0 Å². The molecule has 70 valence electrons. The molecule has 0 spiro atoms. The second kappa shape index (κ2) is 2.76. The number of nitrogens with zero attached hydrogens (tertiary/aromatic N) is 1. The molecule has 1 aromatic rings. The average Bonchev–Trinajstić information content (AvgIpc) is 2.62. The molecule has 1 aliphatic rings. The molecular formula is C8H12N4O. The third-order valence-corrected chi connectivity index (χ3v) is 2.27. The predicted molar refractivity (Wildman–Crippen MR) is 48.0 cm³/mol. The number of nitrogen functional groups attached to an aromatic ring is 1. The first-order valence-corrected chi connectivity index (χ1v) is 4.28. The molecule has 1 aliphatic carbocycles. The summed E-state index contributed by atoms with van der Waals surface area (Å²) in [6, 6.07) is 1.86. The first-order valence-electron chi connectivity index (χ1n) is 4.28. The summed E-state index contributed by atoms with van der Waals surface area (Å²) in [6.07, 6.45) is 1.06. The third-order valence-electron chi connectivity index (χ3n) is 2.27. The second-order valence-corrected chi connectivity index (χ2v) is 3.50. The van der Waals surface area contributed by atoms with Crippen LogP contribution < -0.4 is 11.1 Å². The van der Waals surface area contributed by atoms with Crippen LogP contribution in [0.25, 0.3) is 0 Å². The lowest BCUT2D eigenvalue weighted by Crippen LogP contribution is -2.26. The van der Waals surface area contributed by atoms with Gasteiger partial charge in [0, 0.05) is 12.1 Å². The maximum absolute atomic E-state index is 11.4. The summed E-state index contributed by atoms with van der Waals surface area (Å²) < 4.78 is 0. The van der Waals surface area contributed by atoms with Crippen LogP contribution in [0.5, 0.6) is 0 Å². The van der Waals surface area contributed by atoms with E-state index in [0.29, 0.717) is 23.5 Å². The molecule has 1 saturated carbocycles. The van der Waals surface area contributed by atoms with Gasteiger partial charge in [0.1, 0.15) is 11.5 Å². The smallest absolute Gasteiger partial charge is 0.269 e. The van der Waals surface area contributed by atoms with Crippen LogP contribution in [-0.2, 0) is 0 Å². The first-order chi connectivity index (χ1) is 6.16. The van der Waals surface area contributed by atoms with Crippen molar-refractivity contribution in [3.63, 3.8) is 0 Å². The van der Waals surface area contributed by atoms with Gasteiger partial charge >= 0.3 is 0 Å². The number of carbonyl (C=O) groups excluding carboxylic acids is 1. The average molecular weight is 180 g/mol. The van der Waals surface area contributed by atoms with Crippen molar-refractivity contribution in [3.8, 4) is 0 Å². The van der Waals surface area contributed by atoms with Gasteiger partial charge in [-0.3, -0.25) is 9.89 Å². The molecule has 0 aliphatic heterocycles. The van der Waals surface area contributed by atoms with E-state index in [9.17, 15) is 4.79 Å². The molecule has 0 radical (unpaired) electrons. The van der Waals surface area contributed by atoms with Crippen LogP contribution in [0, 0.1) is 5.92 Å². The van der Waals surface area contributed by atoms with Gasteiger partial charge in [0.05, 0.1) is 0 Å². The van der Waals surface area contributed by atoms with E-state index >= 15 is 0 Å². The fraction of sp³-hybridized carbons (Fsp3) is 0.500. The normalized spacial score (nSPS) is 25.6. The number of nitrogens with one attached hydrogen (secondary N) is 2. The van der Waals surface area contributed by atoms with Crippen molar-refractivity contribution in [2.75, 3.05) is 5.73 Å². The fourth-order valence-electron chi connectivity index (χ4n) is 1.22. The molecule has 5 nitrogen and oxygen atoms in total. The summed E-state index contributed by atoms with van der Waals surface area (Å²) in [5.41, 5.74) is 5.80. The van der Waals surface area contributed by atoms with E-state index in [2.05, 4.69) is 22.4 Å². The zero-order valence-corrected chi connectivity index (χ0v) is 7.37. The zero-order valence-electron chi connectivity index (χ0n) is 7.37. The molecule has 1 amide bonds. The molecule has 0 aromatic carbocycles. The molecule has 0 bridgehead atoms. The van der Waals surface area contributed by atoms with Gasteiger partial charge in [0.15, 0.2) is 0 Å². The van der Waals surface area contributed by atoms with Crippen LogP contribution in [0.4, 0.5) is 5.82 Å². The highest BCUT2D eigenvalue weighted by atomic mass is 16.2. The summed E-state index contributed by atoms with van der Waals surface area (Å²) in [5, 5.41) is 9.11. The van der Waals surface area contributed by atoms with Crippen molar-refractivity contribution < 1.29 is 4.79 Å². The third kappa shape index (κ3) is 1.63. The number of anilines is 1. The molecule has 5 heteroatoms. The minimum absolute atomic E-state index is 0.126. The lowest BCUT2D eigenvalue weighted by atomic mass is 10.4. The van der Waals surface area contributed by atoms with Crippen molar-refractivity contribution in [1.82, 2.24) is 15.5 Å². The Balaban J connectivity index is 1.97. The van der Waals surface area contributed by atoms with Gasteiger partial charge < -0.3 is 11.1 Å². The largest absolute Gasteiger partial charge is 0.382 e. The number of carbonyl (C=O) groups is 1. The minimum atomic E-state index is -0.126. The highest BCUT2D eigenvalue weighted by molar-refractivity contribution is 5.93. The van der Waals surface area contributed by atoms with Crippen LogP contribution >= 0.6 is 0 Å². The van der Waals surface area contributed by atoms with E-state index < -0.39 is 0 Å². The Morgan fingerprint density at radius 3 is 3.00 bits per heavy atom. The van der Waals surface area contributed by atoms with Crippen LogP contribution in [0.2, 0.25) is 0 Å². The van der Waals surface area contributed by atoms with Gasteiger partial charge in [-0.1, -0.05) is 6.92 Å². The number of aromatic amines is 1. The van der Waals surface area contributed by atoms with Crippen LogP contribution in [-0.4, -0.2) is 22.1 Å². The van der Waals surface area contributed by atoms with Gasteiger partial charge in [0.2, 0.25) is 0 Å². The Kier molecular flexibility index (Phi) is 1.72. The molecule has 1 aromatic heterocycles. The van der Waals surface area contributed by atoms with Crippen molar-refractivity contribution in [3.05, 3.63) is 11.8 Å². The van der Waals surface area contributed by atoms with Crippen molar-refractivity contribution >= 4 is 11.7 Å². The highest BCUT2D eigenvalue weighted by Gasteiger charge is 2.34. The maximum atomic E-state index is 11.4. The topological polar surface area (TPSA) is 83.8 Å². The number of amides is 1. The number of H-pyrrole nitrogens is 1. The van der Waals surface area contributed by atoms with E-state index in [1.807, 2.05) is 0 Å². The Morgan fingerprint density at radius 2 is 2.54 bits per heavy atom. The molecule has 2 unspecified atom stereocenters. The van der Waals surface area contributed by atoms with E-state index in [4.69, 9.17) is 5.73 Å².